The minimum atomic E-state index is -3.72. The molecular weight excluding hydrogens is 428 g/mol. The molecule has 1 amide bonds. The SMILES string of the molecule is CC(C)(C)NS(=O)(=O)c1ccc(Br)c(C(=O)Nc2ccc3c(c2)CCC3)c1. The van der Waals surface area contributed by atoms with Crippen molar-refractivity contribution in [3.63, 3.8) is 0 Å². The van der Waals surface area contributed by atoms with Gasteiger partial charge in [0.15, 0.2) is 0 Å². The van der Waals surface area contributed by atoms with Gasteiger partial charge in [-0.1, -0.05) is 6.07 Å². The second-order valence-corrected chi connectivity index (χ2v) is 10.3. The van der Waals surface area contributed by atoms with Crippen molar-refractivity contribution in [1.29, 1.82) is 0 Å². The Bertz CT molecular complexity index is 995. The van der Waals surface area contributed by atoms with E-state index in [0.717, 1.165) is 19.3 Å². The molecule has 27 heavy (non-hydrogen) atoms. The maximum atomic E-state index is 12.7. The molecule has 0 radical (unpaired) electrons. The average Bonchev–Trinajstić information content (AvgIpc) is 3.00. The number of hydrogen-bond acceptors (Lipinski definition) is 3. The Hall–Kier alpha value is -1.70. The lowest BCUT2D eigenvalue weighted by molar-refractivity contribution is 0.102. The number of nitrogens with one attached hydrogen (secondary N) is 2. The van der Waals surface area contributed by atoms with E-state index in [-0.39, 0.29) is 16.4 Å². The first-order valence-electron chi connectivity index (χ1n) is 8.82. The number of rotatable bonds is 4. The summed E-state index contributed by atoms with van der Waals surface area (Å²) in [6.07, 6.45) is 3.24. The number of amides is 1. The first kappa shape index (κ1) is 20.0. The number of aryl methyl sites for hydroxylation is 2. The van der Waals surface area contributed by atoms with E-state index in [1.807, 2.05) is 18.2 Å². The van der Waals surface area contributed by atoms with Crippen LogP contribution in [0.5, 0.6) is 0 Å². The van der Waals surface area contributed by atoms with Gasteiger partial charge in [-0.3, -0.25) is 4.79 Å². The van der Waals surface area contributed by atoms with Gasteiger partial charge >= 0.3 is 0 Å². The number of carbonyl (C=O) groups is 1. The van der Waals surface area contributed by atoms with Crippen LogP contribution >= 0.6 is 15.9 Å². The van der Waals surface area contributed by atoms with E-state index in [0.29, 0.717) is 10.2 Å². The summed E-state index contributed by atoms with van der Waals surface area (Å²) < 4.78 is 28.3. The molecule has 0 saturated carbocycles. The van der Waals surface area contributed by atoms with Crippen molar-refractivity contribution in [2.75, 3.05) is 5.32 Å². The van der Waals surface area contributed by atoms with Crippen LogP contribution in [0.3, 0.4) is 0 Å². The van der Waals surface area contributed by atoms with Gasteiger partial charge < -0.3 is 5.32 Å². The third kappa shape index (κ3) is 4.78. The Morgan fingerprint density at radius 3 is 2.44 bits per heavy atom. The molecule has 0 aliphatic heterocycles. The zero-order valence-corrected chi connectivity index (χ0v) is 18.0. The molecule has 0 saturated heterocycles. The third-order valence-corrected chi connectivity index (χ3v) is 6.74. The number of carbonyl (C=O) groups excluding carboxylic acids is 1. The Morgan fingerprint density at radius 2 is 1.74 bits per heavy atom. The van der Waals surface area contributed by atoms with Crippen LogP contribution in [0.1, 0.15) is 48.7 Å². The van der Waals surface area contributed by atoms with Crippen LogP contribution in [-0.4, -0.2) is 19.9 Å². The van der Waals surface area contributed by atoms with Crippen LogP contribution < -0.4 is 10.0 Å². The molecule has 2 N–H and O–H groups in total. The molecule has 144 valence electrons. The number of benzene rings is 2. The van der Waals surface area contributed by atoms with Gasteiger partial charge in [0.25, 0.3) is 5.91 Å². The monoisotopic (exact) mass is 450 g/mol. The predicted octanol–water partition coefficient (Wildman–Crippen LogP) is 4.27. The Labute approximate surface area is 168 Å². The lowest BCUT2D eigenvalue weighted by Crippen LogP contribution is -2.40. The standard InChI is InChI=1S/C20H23BrN2O3S/c1-20(2,3)23-27(25,26)16-9-10-18(21)17(12-16)19(24)22-15-8-7-13-5-4-6-14(13)11-15/h7-12,23H,4-6H2,1-3H3,(H,22,24). The average molecular weight is 451 g/mol. The fourth-order valence-electron chi connectivity index (χ4n) is 3.16. The molecule has 3 rings (SSSR count). The zero-order chi connectivity index (χ0) is 19.8. The Balaban J connectivity index is 1.87. The minimum absolute atomic E-state index is 0.0553. The van der Waals surface area contributed by atoms with Crippen molar-refractivity contribution in [1.82, 2.24) is 4.72 Å². The summed E-state index contributed by atoms with van der Waals surface area (Å²) >= 11 is 3.35. The summed E-state index contributed by atoms with van der Waals surface area (Å²) in [6.45, 7) is 5.31. The second kappa shape index (κ2) is 7.37. The summed E-state index contributed by atoms with van der Waals surface area (Å²) in [5, 5.41) is 2.87. The number of fused-ring (bicyclic) bond motifs is 1. The molecule has 0 fully saturated rings. The quantitative estimate of drug-likeness (QED) is 0.729. The smallest absolute Gasteiger partial charge is 0.256 e. The number of sulfonamides is 1. The van der Waals surface area contributed by atoms with Crippen molar-refractivity contribution >= 4 is 37.5 Å². The molecule has 2 aromatic rings. The van der Waals surface area contributed by atoms with Gasteiger partial charge in [-0.25, -0.2) is 13.1 Å². The molecule has 1 aliphatic carbocycles. The molecular formula is C20H23BrN2O3S. The summed E-state index contributed by atoms with van der Waals surface area (Å²) in [6, 6.07) is 10.4. The molecule has 0 aromatic heterocycles. The molecule has 0 unspecified atom stereocenters. The van der Waals surface area contributed by atoms with Crippen molar-refractivity contribution in [3.05, 3.63) is 57.6 Å². The molecule has 0 heterocycles. The molecule has 7 heteroatoms. The lowest BCUT2D eigenvalue weighted by atomic mass is 10.1. The van der Waals surface area contributed by atoms with E-state index in [2.05, 4.69) is 26.0 Å². The minimum Gasteiger partial charge on any atom is -0.322 e. The first-order chi connectivity index (χ1) is 12.5. The molecule has 5 nitrogen and oxygen atoms in total. The highest BCUT2D eigenvalue weighted by Crippen LogP contribution is 2.27. The van der Waals surface area contributed by atoms with E-state index < -0.39 is 15.6 Å². The van der Waals surface area contributed by atoms with Crippen LogP contribution in [0.25, 0.3) is 0 Å². The van der Waals surface area contributed by atoms with Gasteiger partial charge in [0, 0.05) is 15.7 Å². The van der Waals surface area contributed by atoms with Crippen molar-refractivity contribution in [3.8, 4) is 0 Å². The Morgan fingerprint density at radius 1 is 1.04 bits per heavy atom. The zero-order valence-electron chi connectivity index (χ0n) is 15.6. The maximum absolute atomic E-state index is 12.7. The van der Waals surface area contributed by atoms with E-state index in [9.17, 15) is 13.2 Å². The number of anilines is 1. The van der Waals surface area contributed by atoms with Gasteiger partial charge in [0.1, 0.15) is 0 Å². The summed E-state index contributed by atoms with van der Waals surface area (Å²) in [7, 11) is -3.72. The van der Waals surface area contributed by atoms with Gasteiger partial charge in [0.2, 0.25) is 10.0 Å². The third-order valence-electron chi connectivity index (χ3n) is 4.29. The van der Waals surface area contributed by atoms with Gasteiger partial charge in [-0.15, -0.1) is 0 Å². The molecule has 0 atom stereocenters. The van der Waals surface area contributed by atoms with E-state index >= 15 is 0 Å². The van der Waals surface area contributed by atoms with Gasteiger partial charge in [-0.2, -0.15) is 0 Å². The van der Waals surface area contributed by atoms with Crippen molar-refractivity contribution < 1.29 is 13.2 Å². The van der Waals surface area contributed by atoms with Crippen molar-refractivity contribution in [2.24, 2.45) is 0 Å². The highest BCUT2D eigenvalue weighted by Gasteiger charge is 2.24. The largest absolute Gasteiger partial charge is 0.322 e. The van der Waals surface area contributed by atoms with Crippen LogP contribution in [0.4, 0.5) is 5.69 Å². The fourth-order valence-corrected chi connectivity index (χ4v) is 5.03. The normalized spacial score (nSPS) is 14.1. The lowest BCUT2D eigenvalue weighted by Gasteiger charge is -2.20. The maximum Gasteiger partial charge on any atom is 0.256 e. The van der Waals surface area contributed by atoms with Crippen LogP contribution in [0.2, 0.25) is 0 Å². The van der Waals surface area contributed by atoms with Crippen LogP contribution in [0.15, 0.2) is 45.8 Å². The van der Waals surface area contributed by atoms with Crippen LogP contribution in [-0.2, 0) is 22.9 Å². The summed E-state index contributed by atoms with van der Waals surface area (Å²) in [5.41, 5.74) is 2.97. The number of halogens is 1. The number of hydrogen-bond donors (Lipinski definition) is 2. The summed E-state index contributed by atoms with van der Waals surface area (Å²) in [5.74, 6) is -0.354. The van der Waals surface area contributed by atoms with E-state index in [4.69, 9.17) is 0 Å². The topological polar surface area (TPSA) is 75.3 Å². The Kier molecular flexibility index (Phi) is 5.47. The van der Waals surface area contributed by atoms with Crippen molar-refractivity contribution in [2.45, 2.75) is 50.5 Å². The molecule has 1 aliphatic rings. The molecule has 2 aromatic carbocycles. The fraction of sp³-hybridized carbons (Fsp3) is 0.350. The predicted molar refractivity (Wildman–Crippen MR) is 111 cm³/mol. The first-order valence-corrected chi connectivity index (χ1v) is 11.1. The molecule has 0 spiro atoms. The van der Waals surface area contributed by atoms with Gasteiger partial charge in [-0.05, 0) is 97.4 Å². The van der Waals surface area contributed by atoms with E-state index in [1.165, 1.54) is 23.3 Å². The highest BCUT2D eigenvalue weighted by molar-refractivity contribution is 9.10. The second-order valence-electron chi connectivity index (χ2n) is 7.79. The van der Waals surface area contributed by atoms with E-state index in [1.54, 1.807) is 26.8 Å². The van der Waals surface area contributed by atoms with Gasteiger partial charge in [0.05, 0.1) is 10.5 Å². The van der Waals surface area contributed by atoms with Crippen LogP contribution in [0, 0.1) is 0 Å². The summed E-state index contributed by atoms with van der Waals surface area (Å²) in [4.78, 5) is 12.8. The molecule has 0 bridgehead atoms. The highest BCUT2D eigenvalue weighted by atomic mass is 79.9.